The molecule has 7 heteroatoms. The third kappa shape index (κ3) is 3.55. The second-order valence-corrected chi connectivity index (χ2v) is 8.92. The molecule has 0 saturated heterocycles. The second-order valence-electron chi connectivity index (χ2n) is 7.21. The molecule has 0 atom stereocenters. The molecule has 0 amide bonds. The predicted molar refractivity (Wildman–Crippen MR) is 108 cm³/mol. The summed E-state index contributed by atoms with van der Waals surface area (Å²) >= 11 is 0. The minimum atomic E-state index is -3.66. The van der Waals surface area contributed by atoms with Gasteiger partial charge in [-0.1, -0.05) is 49.6 Å². The zero-order valence-corrected chi connectivity index (χ0v) is 16.1. The Morgan fingerprint density at radius 1 is 1.04 bits per heavy atom. The Bertz CT molecular complexity index is 1130. The number of carboxylic acid groups (broad SMARTS) is 1. The van der Waals surface area contributed by atoms with Crippen molar-refractivity contribution in [2.45, 2.75) is 43.0 Å². The summed E-state index contributed by atoms with van der Waals surface area (Å²) in [7, 11) is -3.66. The number of aromatic nitrogens is 1. The summed E-state index contributed by atoms with van der Waals surface area (Å²) < 4.78 is 28.5. The van der Waals surface area contributed by atoms with E-state index in [9.17, 15) is 18.3 Å². The lowest BCUT2D eigenvalue weighted by molar-refractivity contribution is 0.0700. The lowest BCUT2D eigenvalue weighted by atomic mass is 9.96. The summed E-state index contributed by atoms with van der Waals surface area (Å²) in [5.74, 6) is -1.05. The number of carboxylic acids is 1. The van der Waals surface area contributed by atoms with E-state index >= 15 is 0 Å². The van der Waals surface area contributed by atoms with Gasteiger partial charge in [-0.3, -0.25) is 0 Å². The molecule has 0 bridgehead atoms. The van der Waals surface area contributed by atoms with E-state index in [1.54, 1.807) is 30.3 Å². The molecule has 0 aliphatic heterocycles. The second kappa shape index (κ2) is 7.41. The van der Waals surface area contributed by atoms with Crippen molar-refractivity contribution in [3.8, 4) is 11.3 Å². The average molecular weight is 398 g/mol. The zero-order valence-electron chi connectivity index (χ0n) is 15.3. The Hall–Kier alpha value is -2.64. The maximum Gasteiger partial charge on any atom is 0.338 e. The van der Waals surface area contributed by atoms with Crippen LogP contribution in [0.25, 0.3) is 22.2 Å². The van der Waals surface area contributed by atoms with Gasteiger partial charge in [0.15, 0.2) is 0 Å². The largest absolute Gasteiger partial charge is 0.478 e. The average Bonchev–Trinajstić information content (AvgIpc) is 3.08. The topological polar surface area (TPSA) is 99.3 Å². The molecule has 6 nitrogen and oxygen atoms in total. The van der Waals surface area contributed by atoms with Crippen LogP contribution in [0.5, 0.6) is 0 Å². The van der Waals surface area contributed by atoms with Crippen LogP contribution in [0.15, 0.2) is 53.4 Å². The number of aromatic amines is 1. The Kier molecular flexibility index (Phi) is 4.95. The number of benzene rings is 2. The van der Waals surface area contributed by atoms with Crippen molar-refractivity contribution in [2.75, 3.05) is 0 Å². The molecule has 146 valence electrons. The molecule has 1 fully saturated rings. The van der Waals surface area contributed by atoms with Gasteiger partial charge in [0.2, 0.25) is 10.0 Å². The van der Waals surface area contributed by atoms with Crippen LogP contribution in [-0.4, -0.2) is 30.5 Å². The first-order valence-corrected chi connectivity index (χ1v) is 10.9. The number of carbonyl (C=O) groups is 1. The van der Waals surface area contributed by atoms with Crippen LogP contribution < -0.4 is 4.72 Å². The summed E-state index contributed by atoms with van der Waals surface area (Å²) in [4.78, 5) is 15.1. The molecular weight excluding hydrogens is 376 g/mol. The van der Waals surface area contributed by atoms with Gasteiger partial charge in [0, 0.05) is 22.5 Å². The predicted octanol–water partition coefficient (Wildman–Crippen LogP) is 4.14. The van der Waals surface area contributed by atoms with Gasteiger partial charge >= 0.3 is 5.97 Å². The molecule has 3 aromatic rings. The van der Waals surface area contributed by atoms with E-state index in [0.717, 1.165) is 32.1 Å². The fraction of sp³-hybridized carbons (Fsp3) is 0.286. The van der Waals surface area contributed by atoms with E-state index in [-0.39, 0.29) is 16.5 Å². The third-order valence-corrected chi connectivity index (χ3v) is 6.80. The summed E-state index contributed by atoms with van der Waals surface area (Å²) in [5, 5.41) is 10.3. The molecule has 4 rings (SSSR count). The number of nitrogens with one attached hydrogen (secondary N) is 2. The Morgan fingerprint density at radius 2 is 1.79 bits per heavy atom. The lowest BCUT2D eigenvalue weighted by Gasteiger charge is -2.22. The van der Waals surface area contributed by atoms with Crippen LogP contribution >= 0.6 is 0 Å². The van der Waals surface area contributed by atoms with E-state index in [0.29, 0.717) is 22.2 Å². The molecule has 0 unspecified atom stereocenters. The van der Waals surface area contributed by atoms with E-state index in [1.165, 1.54) is 12.1 Å². The highest BCUT2D eigenvalue weighted by Crippen LogP contribution is 2.31. The minimum absolute atomic E-state index is 0.0370. The number of aromatic carboxylic acids is 1. The summed E-state index contributed by atoms with van der Waals surface area (Å²) in [5.41, 5.74) is 1.78. The van der Waals surface area contributed by atoms with Gasteiger partial charge in [-0.15, -0.1) is 0 Å². The van der Waals surface area contributed by atoms with Gasteiger partial charge in [-0.05, 0) is 31.0 Å². The first kappa shape index (κ1) is 18.7. The number of H-pyrrole nitrogens is 1. The number of rotatable bonds is 5. The van der Waals surface area contributed by atoms with Gasteiger partial charge < -0.3 is 10.1 Å². The first-order valence-electron chi connectivity index (χ1n) is 9.42. The van der Waals surface area contributed by atoms with Gasteiger partial charge in [-0.25, -0.2) is 17.9 Å². The van der Waals surface area contributed by atoms with Gasteiger partial charge in [0.25, 0.3) is 0 Å². The molecule has 1 aromatic heterocycles. The fourth-order valence-corrected chi connectivity index (χ4v) is 5.26. The normalized spacial score (nSPS) is 15.7. The van der Waals surface area contributed by atoms with Crippen molar-refractivity contribution in [1.82, 2.24) is 9.71 Å². The Morgan fingerprint density at radius 3 is 2.54 bits per heavy atom. The van der Waals surface area contributed by atoms with E-state index in [4.69, 9.17) is 0 Å². The van der Waals surface area contributed by atoms with Crippen LogP contribution in [0.4, 0.5) is 0 Å². The third-order valence-electron chi connectivity index (χ3n) is 5.28. The quantitative estimate of drug-likeness (QED) is 0.601. The van der Waals surface area contributed by atoms with Crippen molar-refractivity contribution in [1.29, 1.82) is 0 Å². The molecule has 3 N–H and O–H groups in total. The zero-order chi connectivity index (χ0) is 19.7. The highest BCUT2D eigenvalue weighted by atomic mass is 32.2. The molecule has 28 heavy (non-hydrogen) atoms. The maximum atomic E-state index is 12.8. The monoisotopic (exact) mass is 398 g/mol. The Balaban J connectivity index is 1.74. The molecule has 1 aliphatic rings. The van der Waals surface area contributed by atoms with Crippen molar-refractivity contribution in [2.24, 2.45) is 0 Å². The van der Waals surface area contributed by atoms with Crippen molar-refractivity contribution < 1.29 is 18.3 Å². The number of fused-ring (bicyclic) bond motifs is 1. The molecule has 1 heterocycles. The van der Waals surface area contributed by atoms with Crippen molar-refractivity contribution in [3.05, 3.63) is 54.1 Å². The maximum absolute atomic E-state index is 12.8. The first-order chi connectivity index (χ1) is 13.5. The van der Waals surface area contributed by atoms with Crippen molar-refractivity contribution >= 4 is 26.9 Å². The summed E-state index contributed by atoms with van der Waals surface area (Å²) in [6.07, 6.45) is 4.91. The SMILES string of the molecule is O=C(O)c1c(-c2cccc(S(=O)(=O)NC3CCCCC3)c2)[nH]c2ccccc12. The number of hydrogen-bond acceptors (Lipinski definition) is 3. The highest BCUT2D eigenvalue weighted by molar-refractivity contribution is 7.89. The standard InChI is InChI=1S/C21H22N2O4S/c24-21(25)19-17-11-4-5-12-18(17)22-20(19)14-7-6-10-16(13-14)28(26,27)23-15-8-2-1-3-9-15/h4-7,10-13,15,22-23H,1-3,8-9H2,(H,24,25). The molecule has 1 aliphatic carbocycles. The minimum Gasteiger partial charge on any atom is -0.478 e. The van der Waals surface area contributed by atoms with E-state index in [1.807, 2.05) is 6.07 Å². The number of sulfonamides is 1. The molecular formula is C21H22N2O4S. The van der Waals surface area contributed by atoms with Crippen LogP contribution in [0, 0.1) is 0 Å². The summed E-state index contributed by atoms with van der Waals surface area (Å²) in [6.45, 7) is 0. The van der Waals surface area contributed by atoms with E-state index < -0.39 is 16.0 Å². The summed E-state index contributed by atoms with van der Waals surface area (Å²) in [6, 6.07) is 13.5. The molecule has 0 spiro atoms. The number of para-hydroxylation sites is 1. The fourth-order valence-electron chi connectivity index (χ4n) is 3.91. The molecule has 2 aromatic carbocycles. The highest BCUT2D eigenvalue weighted by Gasteiger charge is 2.24. The van der Waals surface area contributed by atoms with Gasteiger partial charge in [0.05, 0.1) is 16.2 Å². The smallest absolute Gasteiger partial charge is 0.338 e. The molecule has 0 radical (unpaired) electrons. The van der Waals surface area contributed by atoms with Crippen LogP contribution in [0.2, 0.25) is 0 Å². The van der Waals surface area contributed by atoms with Crippen LogP contribution in [0.1, 0.15) is 42.5 Å². The van der Waals surface area contributed by atoms with Gasteiger partial charge in [0.1, 0.15) is 0 Å². The van der Waals surface area contributed by atoms with Crippen molar-refractivity contribution in [3.63, 3.8) is 0 Å². The lowest BCUT2D eigenvalue weighted by Crippen LogP contribution is -2.36. The van der Waals surface area contributed by atoms with Gasteiger partial charge in [-0.2, -0.15) is 0 Å². The van der Waals surface area contributed by atoms with E-state index in [2.05, 4.69) is 9.71 Å². The molecule has 1 saturated carbocycles. The van der Waals surface area contributed by atoms with Crippen LogP contribution in [0.3, 0.4) is 0 Å². The van der Waals surface area contributed by atoms with Crippen LogP contribution in [-0.2, 0) is 10.0 Å². The number of hydrogen-bond donors (Lipinski definition) is 3. The Labute approximate surface area is 163 Å².